The normalized spacial score (nSPS) is 23.4. The monoisotopic (exact) mass is 421 g/mol. The second kappa shape index (κ2) is 9.28. The molecule has 1 amide bonds. The van der Waals surface area contributed by atoms with Crippen molar-refractivity contribution in [3.8, 4) is 0 Å². The van der Waals surface area contributed by atoms with Crippen LogP contribution in [-0.2, 0) is 23.0 Å². The van der Waals surface area contributed by atoms with Crippen molar-refractivity contribution in [3.05, 3.63) is 34.9 Å². The van der Waals surface area contributed by atoms with Crippen LogP contribution in [-0.4, -0.2) is 69.5 Å². The highest BCUT2D eigenvalue weighted by Gasteiger charge is 2.38. The second-order valence-corrected chi connectivity index (χ2v) is 8.25. The lowest BCUT2D eigenvalue weighted by atomic mass is 9.98. The Morgan fingerprint density at radius 3 is 2.79 bits per heavy atom. The molecule has 0 spiro atoms. The minimum Gasteiger partial charge on any atom is -0.373 e. The van der Waals surface area contributed by atoms with Gasteiger partial charge in [-0.25, -0.2) is 0 Å². The summed E-state index contributed by atoms with van der Waals surface area (Å²) < 4.78 is 13.1. The molecule has 2 aromatic rings. The summed E-state index contributed by atoms with van der Waals surface area (Å²) in [7, 11) is 1.90. The van der Waals surface area contributed by atoms with Crippen LogP contribution in [0, 0.1) is 0 Å². The van der Waals surface area contributed by atoms with E-state index in [-0.39, 0.29) is 18.1 Å². The number of likely N-dealkylation sites (tertiary alicyclic amines) is 1. The molecule has 8 nitrogen and oxygen atoms in total. The Balaban J connectivity index is 1.49. The molecular weight excluding hydrogens is 394 g/mol. The van der Waals surface area contributed by atoms with Crippen LogP contribution in [0.15, 0.2) is 23.0 Å². The average Bonchev–Trinajstić information content (AvgIpc) is 3.34. The zero-order valence-corrected chi connectivity index (χ0v) is 17.6. The van der Waals surface area contributed by atoms with E-state index < -0.39 is 0 Å². The molecular formula is C20H28ClN5O3. The predicted octanol–water partition coefficient (Wildman–Crippen LogP) is 2.45. The van der Waals surface area contributed by atoms with Gasteiger partial charge in [-0.2, -0.15) is 5.10 Å². The summed E-state index contributed by atoms with van der Waals surface area (Å²) in [4.78, 5) is 17.6. The Morgan fingerprint density at radius 1 is 1.28 bits per heavy atom. The molecule has 2 atom stereocenters. The number of ether oxygens (including phenoxy) is 1. The van der Waals surface area contributed by atoms with E-state index in [1.54, 1.807) is 10.7 Å². The lowest BCUT2D eigenvalue weighted by Crippen LogP contribution is -2.52. The quantitative estimate of drug-likeness (QED) is 0.713. The van der Waals surface area contributed by atoms with Gasteiger partial charge in [0.05, 0.1) is 24.9 Å². The lowest BCUT2D eigenvalue weighted by molar-refractivity contribution is -0.148. The number of morpholine rings is 1. The van der Waals surface area contributed by atoms with E-state index in [0.29, 0.717) is 36.9 Å². The number of carbonyl (C=O) groups is 1. The molecule has 0 radical (unpaired) electrons. The summed E-state index contributed by atoms with van der Waals surface area (Å²) >= 11 is 5.81. The fourth-order valence-corrected chi connectivity index (χ4v) is 4.49. The zero-order valence-electron chi connectivity index (χ0n) is 16.8. The van der Waals surface area contributed by atoms with Gasteiger partial charge in [-0.3, -0.25) is 9.48 Å². The van der Waals surface area contributed by atoms with E-state index in [0.717, 1.165) is 25.2 Å². The Hall–Kier alpha value is -1.90. The molecule has 0 saturated carbocycles. The van der Waals surface area contributed by atoms with Gasteiger partial charge in [0.15, 0.2) is 5.15 Å². The standard InChI is InChI=1S/C20H28ClN5O3/c1-24-13-15(12-22-24)20-17(14-25-7-3-2-4-8-25)28-10-9-26(20)19(27)6-5-16-11-18(21)23-29-16/h11-13,17,20H,2-10,14H2,1H3/t17-,20-/m0/s1. The highest BCUT2D eigenvalue weighted by atomic mass is 35.5. The molecule has 9 heteroatoms. The van der Waals surface area contributed by atoms with Crippen molar-refractivity contribution in [2.45, 2.75) is 44.2 Å². The van der Waals surface area contributed by atoms with Gasteiger partial charge in [0.1, 0.15) is 5.76 Å². The van der Waals surface area contributed by atoms with Gasteiger partial charge in [-0.05, 0) is 25.9 Å². The number of hydrogen-bond donors (Lipinski definition) is 0. The summed E-state index contributed by atoms with van der Waals surface area (Å²) in [5, 5.41) is 8.33. The molecule has 0 aliphatic carbocycles. The van der Waals surface area contributed by atoms with Crippen molar-refractivity contribution in [3.63, 3.8) is 0 Å². The molecule has 0 bridgehead atoms. The number of halogens is 1. The van der Waals surface area contributed by atoms with E-state index >= 15 is 0 Å². The molecule has 0 unspecified atom stereocenters. The minimum atomic E-state index is -0.134. The first-order valence-corrected chi connectivity index (χ1v) is 10.7. The van der Waals surface area contributed by atoms with Gasteiger partial charge < -0.3 is 19.1 Å². The number of rotatable bonds is 6. The molecule has 29 heavy (non-hydrogen) atoms. The molecule has 2 fully saturated rings. The maximum Gasteiger partial charge on any atom is 0.223 e. The van der Waals surface area contributed by atoms with Crippen molar-refractivity contribution in [1.82, 2.24) is 24.7 Å². The van der Waals surface area contributed by atoms with E-state index in [4.69, 9.17) is 20.9 Å². The molecule has 0 N–H and O–H groups in total. The smallest absolute Gasteiger partial charge is 0.223 e. The third-order valence-electron chi connectivity index (χ3n) is 5.74. The molecule has 2 saturated heterocycles. The fourth-order valence-electron chi connectivity index (χ4n) is 4.33. The molecule has 2 aliphatic heterocycles. The van der Waals surface area contributed by atoms with E-state index in [1.165, 1.54) is 19.3 Å². The molecule has 2 aromatic heterocycles. The largest absolute Gasteiger partial charge is 0.373 e. The van der Waals surface area contributed by atoms with E-state index in [9.17, 15) is 4.79 Å². The van der Waals surface area contributed by atoms with E-state index in [1.807, 2.05) is 24.3 Å². The van der Waals surface area contributed by atoms with Crippen LogP contribution in [0.4, 0.5) is 0 Å². The number of hydrogen-bond acceptors (Lipinski definition) is 6. The Kier molecular flexibility index (Phi) is 6.52. The van der Waals surface area contributed by atoms with Crippen LogP contribution in [0.5, 0.6) is 0 Å². The SMILES string of the molecule is Cn1cc([C@H]2[C@H](CN3CCCCC3)OCCN2C(=O)CCc2cc(Cl)no2)cn1. The molecule has 0 aromatic carbocycles. The van der Waals surface area contributed by atoms with Crippen LogP contribution in [0.1, 0.15) is 43.0 Å². The van der Waals surface area contributed by atoms with Gasteiger partial charge in [0.25, 0.3) is 0 Å². The maximum atomic E-state index is 13.1. The summed E-state index contributed by atoms with van der Waals surface area (Å²) in [6.07, 6.45) is 8.35. The highest BCUT2D eigenvalue weighted by Crippen LogP contribution is 2.31. The number of piperidine rings is 1. The lowest BCUT2D eigenvalue weighted by Gasteiger charge is -2.43. The summed E-state index contributed by atoms with van der Waals surface area (Å²) in [5.41, 5.74) is 1.02. The average molecular weight is 422 g/mol. The van der Waals surface area contributed by atoms with Crippen LogP contribution in [0.3, 0.4) is 0 Å². The van der Waals surface area contributed by atoms with Crippen LogP contribution in [0.2, 0.25) is 5.15 Å². The number of amides is 1. The molecule has 158 valence electrons. The summed E-state index contributed by atoms with van der Waals surface area (Å²) in [6, 6.07) is 1.52. The van der Waals surface area contributed by atoms with Gasteiger partial charge in [-0.15, -0.1) is 0 Å². The first-order chi connectivity index (χ1) is 14.1. The molecule has 4 heterocycles. The highest BCUT2D eigenvalue weighted by molar-refractivity contribution is 6.29. The van der Waals surface area contributed by atoms with Crippen LogP contribution in [0.25, 0.3) is 0 Å². The molecule has 4 rings (SSSR count). The van der Waals surface area contributed by atoms with Crippen molar-refractivity contribution in [2.24, 2.45) is 7.05 Å². The van der Waals surface area contributed by atoms with Crippen molar-refractivity contribution in [1.29, 1.82) is 0 Å². The van der Waals surface area contributed by atoms with Crippen LogP contribution < -0.4 is 0 Å². The Bertz CT molecular complexity index is 817. The van der Waals surface area contributed by atoms with Crippen molar-refractivity contribution < 1.29 is 14.1 Å². The van der Waals surface area contributed by atoms with Gasteiger partial charge >= 0.3 is 0 Å². The first kappa shape index (κ1) is 20.4. The Morgan fingerprint density at radius 2 is 2.10 bits per heavy atom. The van der Waals surface area contributed by atoms with E-state index in [2.05, 4.69) is 15.2 Å². The fraction of sp³-hybridized carbons (Fsp3) is 0.650. The minimum absolute atomic E-state index is 0.0604. The summed E-state index contributed by atoms with van der Waals surface area (Å²) in [5.74, 6) is 0.706. The van der Waals surface area contributed by atoms with Crippen molar-refractivity contribution in [2.75, 3.05) is 32.8 Å². The first-order valence-electron chi connectivity index (χ1n) is 10.3. The number of aryl methyl sites for hydroxylation is 2. The topological polar surface area (TPSA) is 76.6 Å². The second-order valence-electron chi connectivity index (χ2n) is 7.87. The third-order valence-corrected chi connectivity index (χ3v) is 5.92. The number of carbonyl (C=O) groups excluding carboxylic acids is 1. The van der Waals surface area contributed by atoms with Gasteiger partial charge in [0, 0.05) is 50.8 Å². The maximum absolute atomic E-state index is 13.1. The number of aromatic nitrogens is 3. The summed E-state index contributed by atoms with van der Waals surface area (Å²) in [6.45, 7) is 4.15. The van der Waals surface area contributed by atoms with Crippen LogP contribution >= 0.6 is 11.6 Å². The molecule has 2 aliphatic rings. The zero-order chi connectivity index (χ0) is 20.2. The third kappa shape index (κ3) is 4.99. The number of nitrogens with zero attached hydrogens (tertiary/aromatic N) is 5. The van der Waals surface area contributed by atoms with Gasteiger partial charge in [0.2, 0.25) is 5.91 Å². The predicted molar refractivity (Wildman–Crippen MR) is 108 cm³/mol. The van der Waals surface area contributed by atoms with Crippen molar-refractivity contribution >= 4 is 17.5 Å². The van der Waals surface area contributed by atoms with Gasteiger partial charge in [-0.1, -0.05) is 23.2 Å². The Labute approximate surface area is 175 Å².